The first-order valence-corrected chi connectivity index (χ1v) is 11.2. The molecule has 0 bridgehead atoms. The van der Waals surface area contributed by atoms with Gasteiger partial charge in [-0.3, -0.25) is 4.79 Å². The lowest BCUT2D eigenvalue weighted by molar-refractivity contribution is -0.139. The second-order valence-corrected chi connectivity index (χ2v) is 9.20. The van der Waals surface area contributed by atoms with Crippen LogP contribution in [-0.2, 0) is 21.1 Å². The molecule has 6 heteroatoms. The van der Waals surface area contributed by atoms with Gasteiger partial charge in [-0.25, -0.2) is 8.42 Å². The molecule has 1 N–H and O–H groups in total. The number of aliphatic carboxylic acids is 1. The lowest BCUT2D eigenvalue weighted by Crippen LogP contribution is -2.11. The molecule has 0 spiro atoms. The van der Waals surface area contributed by atoms with Crippen LogP contribution in [0.15, 0.2) is 53.4 Å². The summed E-state index contributed by atoms with van der Waals surface area (Å²) in [6, 6.07) is 13.7. The van der Waals surface area contributed by atoms with Gasteiger partial charge in [0.05, 0.1) is 16.6 Å². The molecule has 1 atom stereocenters. The van der Waals surface area contributed by atoms with Gasteiger partial charge in [-0.1, -0.05) is 55.6 Å². The Labute approximate surface area is 166 Å². The van der Waals surface area contributed by atoms with Crippen molar-refractivity contribution in [3.8, 4) is 0 Å². The number of benzene rings is 2. The lowest BCUT2D eigenvalue weighted by atomic mass is 9.92. The summed E-state index contributed by atoms with van der Waals surface area (Å²) in [5.41, 5.74) is 1.80. The number of sulfone groups is 1. The van der Waals surface area contributed by atoms with E-state index < -0.39 is 21.7 Å². The molecule has 0 saturated carbocycles. The van der Waals surface area contributed by atoms with E-state index in [0.29, 0.717) is 24.3 Å². The summed E-state index contributed by atoms with van der Waals surface area (Å²) in [6.07, 6.45) is 3.60. The molecule has 0 saturated heterocycles. The van der Waals surface area contributed by atoms with Gasteiger partial charge in [0, 0.05) is 5.02 Å². The number of hydrogen-bond donors (Lipinski definition) is 1. The van der Waals surface area contributed by atoms with Crippen molar-refractivity contribution in [3.63, 3.8) is 0 Å². The minimum Gasteiger partial charge on any atom is -0.481 e. The van der Waals surface area contributed by atoms with Crippen molar-refractivity contribution in [2.24, 2.45) is 0 Å². The number of rotatable bonds is 10. The third-order valence-electron chi connectivity index (χ3n) is 4.58. The number of hydrogen-bond acceptors (Lipinski definition) is 3. The summed E-state index contributed by atoms with van der Waals surface area (Å²) in [4.78, 5) is 11.7. The zero-order chi connectivity index (χ0) is 19.9. The third kappa shape index (κ3) is 6.36. The lowest BCUT2D eigenvalue weighted by Gasteiger charge is -2.13. The zero-order valence-corrected chi connectivity index (χ0v) is 17.0. The van der Waals surface area contributed by atoms with E-state index in [2.05, 4.69) is 0 Å². The Hall–Kier alpha value is -1.85. The van der Waals surface area contributed by atoms with E-state index >= 15 is 0 Å². The first-order valence-electron chi connectivity index (χ1n) is 9.13. The highest BCUT2D eigenvalue weighted by molar-refractivity contribution is 7.91. The summed E-state index contributed by atoms with van der Waals surface area (Å²) < 4.78 is 24.7. The predicted molar refractivity (Wildman–Crippen MR) is 108 cm³/mol. The van der Waals surface area contributed by atoms with Gasteiger partial charge in [-0.05, 0) is 54.7 Å². The van der Waals surface area contributed by atoms with Crippen molar-refractivity contribution in [1.82, 2.24) is 0 Å². The van der Waals surface area contributed by atoms with Crippen LogP contribution in [0.1, 0.15) is 49.7 Å². The van der Waals surface area contributed by atoms with E-state index in [1.54, 1.807) is 12.1 Å². The molecule has 0 fully saturated rings. The van der Waals surface area contributed by atoms with Crippen molar-refractivity contribution in [2.45, 2.75) is 49.8 Å². The van der Waals surface area contributed by atoms with Crippen LogP contribution in [0.2, 0.25) is 5.02 Å². The van der Waals surface area contributed by atoms with Gasteiger partial charge >= 0.3 is 5.97 Å². The summed E-state index contributed by atoms with van der Waals surface area (Å²) in [6.45, 7) is 2.04. The highest BCUT2D eigenvalue weighted by atomic mass is 35.5. The number of halogens is 1. The maximum Gasteiger partial charge on any atom is 0.310 e. The number of carbonyl (C=O) groups is 1. The molecule has 4 nitrogen and oxygen atoms in total. The molecule has 2 aromatic carbocycles. The average molecular weight is 409 g/mol. The van der Waals surface area contributed by atoms with Gasteiger partial charge in [-0.2, -0.15) is 0 Å². The molecule has 0 heterocycles. The van der Waals surface area contributed by atoms with E-state index in [-0.39, 0.29) is 10.6 Å². The van der Waals surface area contributed by atoms with E-state index in [1.807, 2.05) is 31.2 Å². The molecular formula is C21H25ClO4S. The van der Waals surface area contributed by atoms with Gasteiger partial charge in [0.15, 0.2) is 9.84 Å². The summed E-state index contributed by atoms with van der Waals surface area (Å²) in [5.74, 6) is -1.22. The minimum absolute atomic E-state index is 0.0602. The molecule has 0 aliphatic rings. The molecule has 2 rings (SSSR count). The Morgan fingerprint density at radius 2 is 1.67 bits per heavy atom. The molecule has 0 radical (unpaired) electrons. The van der Waals surface area contributed by atoms with Crippen molar-refractivity contribution >= 4 is 27.4 Å². The Morgan fingerprint density at radius 1 is 1.04 bits per heavy atom. The number of unbranched alkanes of at least 4 members (excludes halogenated alkanes) is 1. The molecule has 146 valence electrons. The molecule has 0 amide bonds. The molecule has 2 aromatic rings. The quantitative estimate of drug-likeness (QED) is 0.593. The molecule has 0 aliphatic carbocycles. The summed E-state index contributed by atoms with van der Waals surface area (Å²) in [7, 11) is -3.33. The largest absolute Gasteiger partial charge is 0.481 e. The van der Waals surface area contributed by atoms with Gasteiger partial charge in [0.25, 0.3) is 0 Å². The molecule has 1 unspecified atom stereocenters. The van der Waals surface area contributed by atoms with Crippen molar-refractivity contribution in [1.29, 1.82) is 0 Å². The van der Waals surface area contributed by atoms with Gasteiger partial charge < -0.3 is 5.11 Å². The fourth-order valence-corrected chi connectivity index (χ4v) is 4.42. The van der Waals surface area contributed by atoms with Crippen molar-refractivity contribution in [3.05, 3.63) is 64.7 Å². The third-order valence-corrected chi connectivity index (χ3v) is 6.65. The average Bonchev–Trinajstić information content (AvgIpc) is 2.63. The van der Waals surface area contributed by atoms with Gasteiger partial charge in [-0.15, -0.1) is 0 Å². The van der Waals surface area contributed by atoms with E-state index in [1.165, 1.54) is 12.1 Å². The van der Waals surface area contributed by atoms with E-state index in [4.69, 9.17) is 11.6 Å². The second-order valence-electron chi connectivity index (χ2n) is 6.65. The number of carboxylic acid groups (broad SMARTS) is 1. The summed E-state index contributed by atoms with van der Waals surface area (Å²) >= 11 is 5.80. The second kappa shape index (κ2) is 9.90. The minimum atomic E-state index is -3.33. The topological polar surface area (TPSA) is 71.4 Å². The first-order chi connectivity index (χ1) is 12.8. The molecule has 0 aliphatic heterocycles. The highest BCUT2D eigenvalue weighted by Gasteiger charge is 2.19. The van der Waals surface area contributed by atoms with Gasteiger partial charge in [0.1, 0.15) is 0 Å². The van der Waals surface area contributed by atoms with Gasteiger partial charge in [0.2, 0.25) is 0 Å². The van der Waals surface area contributed by atoms with Crippen LogP contribution in [0.3, 0.4) is 0 Å². The fourth-order valence-electron chi connectivity index (χ4n) is 2.98. The SMILES string of the molecule is CCCCC(C(=O)O)c1ccc(CCCS(=O)(=O)c2ccc(Cl)cc2)cc1. The monoisotopic (exact) mass is 408 g/mol. The Bertz CT molecular complexity index is 843. The van der Waals surface area contributed by atoms with Crippen molar-refractivity contribution in [2.75, 3.05) is 5.75 Å². The Kier molecular flexibility index (Phi) is 7.87. The zero-order valence-electron chi connectivity index (χ0n) is 15.4. The van der Waals surface area contributed by atoms with Crippen LogP contribution in [-0.4, -0.2) is 25.2 Å². The maximum atomic E-state index is 12.3. The normalized spacial score (nSPS) is 12.7. The summed E-state index contributed by atoms with van der Waals surface area (Å²) in [5, 5.41) is 9.91. The maximum absolute atomic E-state index is 12.3. The van der Waals surface area contributed by atoms with E-state index in [0.717, 1.165) is 24.0 Å². The first kappa shape index (κ1) is 21.5. The smallest absolute Gasteiger partial charge is 0.310 e. The highest BCUT2D eigenvalue weighted by Crippen LogP contribution is 2.23. The van der Waals surface area contributed by atoms with E-state index in [9.17, 15) is 18.3 Å². The van der Waals surface area contributed by atoms with Crippen LogP contribution >= 0.6 is 11.6 Å². The van der Waals surface area contributed by atoms with Crippen molar-refractivity contribution < 1.29 is 18.3 Å². The molecular weight excluding hydrogens is 384 g/mol. The van der Waals surface area contributed by atoms with Crippen LogP contribution < -0.4 is 0 Å². The number of carboxylic acids is 1. The fraction of sp³-hybridized carbons (Fsp3) is 0.381. The standard InChI is InChI=1S/C21H25ClO4S/c1-2-3-6-20(21(23)24)17-9-7-16(8-10-17)5-4-15-27(25,26)19-13-11-18(22)12-14-19/h7-14,20H,2-6,15H2,1H3,(H,23,24). The van der Waals surface area contributed by atoms with Crippen LogP contribution in [0.25, 0.3) is 0 Å². The Balaban J connectivity index is 1.94. The Morgan fingerprint density at radius 3 is 2.22 bits per heavy atom. The molecule has 0 aromatic heterocycles. The number of aryl methyl sites for hydroxylation is 1. The van der Waals surface area contributed by atoms with Crippen LogP contribution in [0, 0.1) is 0 Å². The molecule has 27 heavy (non-hydrogen) atoms. The van der Waals surface area contributed by atoms with Crippen LogP contribution in [0.5, 0.6) is 0 Å². The van der Waals surface area contributed by atoms with Crippen LogP contribution in [0.4, 0.5) is 0 Å². The predicted octanol–water partition coefficient (Wildman–Crippen LogP) is 5.10.